The highest BCUT2D eigenvalue weighted by Gasteiger charge is 2.19. The molecule has 0 radical (unpaired) electrons. The average Bonchev–Trinajstić information content (AvgIpc) is 2.44. The van der Waals surface area contributed by atoms with Crippen molar-refractivity contribution in [3.05, 3.63) is 34.9 Å². The molecule has 0 amide bonds. The first-order valence-electron chi connectivity index (χ1n) is 8.03. The summed E-state index contributed by atoms with van der Waals surface area (Å²) in [6, 6.07) is 6.75. The van der Waals surface area contributed by atoms with Gasteiger partial charge in [-0.3, -0.25) is 9.69 Å². The first-order valence-corrected chi connectivity index (χ1v) is 8.03. The highest BCUT2D eigenvalue weighted by Crippen LogP contribution is 2.12. The molecule has 3 nitrogen and oxygen atoms in total. The standard InChI is InChI=1S/C18H28N2O/c1-14(2)20-9-7-19(8-10-20)6-5-18(21)17-12-15(3)11-16(4)13-17/h11-14H,5-10H2,1-4H3. The lowest BCUT2D eigenvalue weighted by Gasteiger charge is -2.36. The van der Waals surface area contributed by atoms with E-state index in [4.69, 9.17) is 0 Å². The van der Waals surface area contributed by atoms with E-state index >= 15 is 0 Å². The van der Waals surface area contributed by atoms with Crippen LogP contribution in [0, 0.1) is 13.8 Å². The maximum absolute atomic E-state index is 12.3. The van der Waals surface area contributed by atoms with Crippen LogP contribution < -0.4 is 0 Å². The Hall–Kier alpha value is -1.19. The van der Waals surface area contributed by atoms with Gasteiger partial charge in [0.1, 0.15) is 0 Å². The number of hydrogen-bond donors (Lipinski definition) is 0. The van der Waals surface area contributed by atoms with E-state index in [-0.39, 0.29) is 5.78 Å². The fraction of sp³-hybridized carbons (Fsp3) is 0.611. The van der Waals surface area contributed by atoms with Gasteiger partial charge >= 0.3 is 0 Å². The molecule has 1 heterocycles. The predicted octanol–water partition coefficient (Wildman–Crippen LogP) is 2.90. The molecule has 1 aromatic carbocycles. The van der Waals surface area contributed by atoms with Crippen molar-refractivity contribution in [2.24, 2.45) is 0 Å². The fourth-order valence-corrected chi connectivity index (χ4v) is 3.04. The van der Waals surface area contributed by atoms with Crippen molar-refractivity contribution < 1.29 is 4.79 Å². The fourth-order valence-electron chi connectivity index (χ4n) is 3.04. The first kappa shape index (κ1) is 16.2. The maximum Gasteiger partial charge on any atom is 0.164 e. The Morgan fingerprint density at radius 3 is 2.14 bits per heavy atom. The molecule has 0 spiro atoms. The van der Waals surface area contributed by atoms with Crippen molar-refractivity contribution in [2.75, 3.05) is 32.7 Å². The number of carbonyl (C=O) groups excluding carboxylic acids is 1. The Kier molecular flexibility index (Phi) is 5.54. The minimum Gasteiger partial charge on any atom is -0.300 e. The Labute approximate surface area is 128 Å². The minimum atomic E-state index is 0.271. The van der Waals surface area contributed by atoms with Gasteiger partial charge in [0, 0.05) is 50.7 Å². The number of benzene rings is 1. The molecule has 0 aromatic heterocycles. The van der Waals surface area contributed by atoms with E-state index in [1.54, 1.807) is 0 Å². The van der Waals surface area contributed by atoms with Gasteiger partial charge < -0.3 is 4.90 Å². The van der Waals surface area contributed by atoms with E-state index in [2.05, 4.69) is 43.6 Å². The molecule has 0 N–H and O–H groups in total. The van der Waals surface area contributed by atoms with Crippen LogP contribution in [0.5, 0.6) is 0 Å². The van der Waals surface area contributed by atoms with Crippen LogP contribution in [0.4, 0.5) is 0 Å². The summed E-state index contributed by atoms with van der Waals surface area (Å²) in [6.07, 6.45) is 0.630. The monoisotopic (exact) mass is 288 g/mol. The minimum absolute atomic E-state index is 0.271. The summed E-state index contributed by atoms with van der Waals surface area (Å²) in [7, 11) is 0. The summed E-state index contributed by atoms with van der Waals surface area (Å²) in [6.45, 7) is 13.9. The second-order valence-corrected chi connectivity index (χ2v) is 6.52. The summed E-state index contributed by atoms with van der Waals surface area (Å²) >= 11 is 0. The molecule has 1 aliphatic rings. The van der Waals surface area contributed by atoms with Gasteiger partial charge in [-0.1, -0.05) is 17.2 Å². The van der Waals surface area contributed by atoms with Crippen LogP contribution in [0.3, 0.4) is 0 Å². The van der Waals surface area contributed by atoms with Gasteiger partial charge in [-0.2, -0.15) is 0 Å². The van der Waals surface area contributed by atoms with Crippen LogP contribution in [0.1, 0.15) is 41.8 Å². The van der Waals surface area contributed by atoms with Gasteiger partial charge in [-0.05, 0) is 39.8 Å². The smallest absolute Gasteiger partial charge is 0.164 e. The normalized spacial score (nSPS) is 17.4. The van der Waals surface area contributed by atoms with Crippen molar-refractivity contribution in [2.45, 2.75) is 40.2 Å². The third kappa shape index (κ3) is 4.65. The number of nitrogens with zero attached hydrogens (tertiary/aromatic N) is 2. The number of Topliss-reactive ketones (excluding diaryl/α,β-unsaturated/α-hetero) is 1. The maximum atomic E-state index is 12.3. The van der Waals surface area contributed by atoms with E-state index in [1.807, 2.05) is 12.1 Å². The topological polar surface area (TPSA) is 23.6 Å². The van der Waals surface area contributed by atoms with Crippen molar-refractivity contribution in [1.82, 2.24) is 9.80 Å². The number of rotatable bonds is 5. The second-order valence-electron chi connectivity index (χ2n) is 6.52. The van der Waals surface area contributed by atoms with Crippen LogP contribution in [0.2, 0.25) is 0 Å². The lowest BCUT2D eigenvalue weighted by molar-refractivity contribution is 0.0890. The Morgan fingerprint density at radius 1 is 1.05 bits per heavy atom. The lowest BCUT2D eigenvalue weighted by Crippen LogP contribution is -2.49. The summed E-state index contributed by atoms with van der Waals surface area (Å²) < 4.78 is 0. The van der Waals surface area contributed by atoms with Crippen molar-refractivity contribution >= 4 is 5.78 Å². The number of aryl methyl sites for hydroxylation is 2. The quantitative estimate of drug-likeness (QED) is 0.778. The molecule has 0 unspecified atom stereocenters. The van der Waals surface area contributed by atoms with Crippen LogP contribution >= 0.6 is 0 Å². The van der Waals surface area contributed by atoms with Gasteiger partial charge in [0.25, 0.3) is 0 Å². The largest absolute Gasteiger partial charge is 0.300 e. The zero-order chi connectivity index (χ0) is 15.4. The van der Waals surface area contributed by atoms with Gasteiger partial charge in [-0.25, -0.2) is 0 Å². The van der Waals surface area contributed by atoms with E-state index in [0.29, 0.717) is 12.5 Å². The zero-order valence-electron chi connectivity index (χ0n) is 13.9. The number of hydrogen-bond acceptors (Lipinski definition) is 3. The molecule has 3 heteroatoms. The third-order valence-electron chi connectivity index (χ3n) is 4.34. The van der Waals surface area contributed by atoms with E-state index in [0.717, 1.165) is 38.3 Å². The molecule has 0 atom stereocenters. The lowest BCUT2D eigenvalue weighted by atomic mass is 10.0. The highest BCUT2D eigenvalue weighted by molar-refractivity contribution is 5.96. The number of piperazine rings is 1. The Morgan fingerprint density at radius 2 is 1.62 bits per heavy atom. The molecule has 116 valence electrons. The SMILES string of the molecule is Cc1cc(C)cc(C(=O)CCN2CCN(C(C)C)CC2)c1. The molecule has 21 heavy (non-hydrogen) atoms. The van der Waals surface area contributed by atoms with Crippen LogP contribution in [0.15, 0.2) is 18.2 Å². The Balaban J connectivity index is 1.82. The summed E-state index contributed by atoms with van der Waals surface area (Å²) in [5.74, 6) is 0.271. The molecule has 2 rings (SSSR count). The van der Waals surface area contributed by atoms with Crippen molar-refractivity contribution in [3.63, 3.8) is 0 Å². The first-order chi connectivity index (χ1) is 9.95. The number of carbonyl (C=O) groups is 1. The average molecular weight is 288 g/mol. The van der Waals surface area contributed by atoms with Crippen LogP contribution in [-0.4, -0.2) is 54.3 Å². The highest BCUT2D eigenvalue weighted by atomic mass is 16.1. The van der Waals surface area contributed by atoms with E-state index in [9.17, 15) is 4.79 Å². The third-order valence-corrected chi connectivity index (χ3v) is 4.34. The molecular weight excluding hydrogens is 260 g/mol. The van der Waals surface area contributed by atoms with Crippen molar-refractivity contribution in [3.8, 4) is 0 Å². The van der Waals surface area contributed by atoms with Crippen LogP contribution in [0.25, 0.3) is 0 Å². The van der Waals surface area contributed by atoms with E-state index in [1.165, 1.54) is 11.1 Å². The number of ketones is 1. The summed E-state index contributed by atoms with van der Waals surface area (Å²) in [5, 5.41) is 0. The molecule has 0 aliphatic carbocycles. The van der Waals surface area contributed by atoms with Gasteiger partial charge in [0.05, 0.1) is 0 Å². The summed E-state index contributed by atoms with van der Waals surface area (Å²) in [4.78, 5) is 17.2. The Bertz CT molecular complexity index is 468. The van der Waals surface area contributed by atoms with Gasteiger partial charge in [0.2, 0.25) is 0 Å². The summed E-state index contributed by atoms with van der Waals surface area (Å²) in [5.41, 5.74) is 3.21. The van der Waals surface area contributed by atoms with Crippen molar-refractivity contribution in [1.29, 1.82) is 0 Å². The molecule has 1 saturated heterocycles. The van der Waals surface area contributed by atoms with Gasteiger partial charge in [-0.15, -0.1) is 0 Å². The van der Waals surface area contributed by atoms with Gasteiger partial charge in [0.15, 0.2) is 5.78 Å². The molecule has 1 fully saturated rings. The molecule has 0 saturated carbocycles. The predicted molar refractivity (Wildman–Crippen MR) is 88.0 cm³/mol. The second kappa shape index (κ2) is 7.19. The molecule has 1 aliphatic heterocycles. The molecule has 0 bridgehead atoms. The molecular formula is C18H28N2O. The zero-order valence-corrected chi connectivity index (χ0v) is 13.9. The molecule has 1 aromatic rings. The van der Waals surface area contributed by atoms with E-state index < -0.39 is 0 Å². The van der Waals surface area contributed by atoms with Crippen LogP contribution in [-0.2, 0) is 0 Å².